The lowest BCUT2D eigenvalue weighted by molar-refractivity contribution is -0.143. The van der Waals surface area contributed by atoms with Crippen LogP contribution in [-0.2, 0) is 16.1 Å². The van der Waals surface area contributed by atoms with Gasteiger partial charge in [-0.2, -0.15) is 0 Å². The summed E-state index contributed by atoms with van der Waals surface area (Å²) in [6.45, 7) is 1.98. The molecule has 5 heteroatoms. The minimum absolute atomic E-state index is 0.140. The van der Waals surface area contributed by atoms with Crippen molar-refractivity contribution in [3.8, 4) is 0 Å². The number of carbonyl (C=O) groups is 2. The number of hydrogen-bond acceptors (Lipinski definition) is 4. The van der Waals surface area contributed by atoms with Gasteiger partial charge in [0.25, 0.3) is 5.91 Å². The second-order valence-corrected chi connectivity index (χ2v) is 6.43. The van der Waals surface area contributed by atoms with Crippen LogP contribution in [0.1, 0.15) is 20.8 Å². The molecule has 24 heavy (non-hydrogen) atoms. The van der Waals surface area contributed by atoms with Gasteiger partial charge in [0, 0.05) is 4.70 Å². The Hall–Kier alpha value is -2.66. The van der Waals surface area contributed by atoms with E-state index in [1.54, 1.807) is 0 Å². The normalized spacial score (nSPS) is 10.5. The highest BCUT2D eigenvalue weighted by Crippen LogP contribution is 2.30. The van der Waals surface area contributed by atoms with Crippen LogP contribution in [0.5, 0.6) is 0 Å². The van der Waals surface area contributed by atoms with Crippen molar-refractivity contribution in [1.82, 2.24) is 5.32 Å². The first-order valence-corrected chi connectivity index (χ1v) is 8.42. The van der Waals surface area contributed by atoms with Gasteiger partial charge in [-0.15, -0.1) is 11.3 Å². The lowest BCUT2D eigenvalue weighted by Crippen LogP contribution is -2.30. The van der Waals surface area contributed by atoms with Crippen molar-refractivity contribution >= 4 is 33.3 Å². The second-order valence-electron chi connectivity index (χ2n) is 5.38. The van der Waals surface area contributed by atoms with E-state index >= 15 is 0 Å². The molecule has 0 aliphatic rings. The smallest absolute Gasteiger partial charge is 0.325 e. The second kappa shape index (κ2) is 7.27. The van der Waals surface area contributed by atoms with Gasteiger partial charge in [0.15, 0.2) is 0 Å². The van der Waals surface area contributed by atoms with Crippen LogP contribution in [0, 0.1) is 6.92 Å². The molecular weight excluding hydrogens is 322 g/mol. The van der Waals surface area contributed by atoms with Crippen LogP contribution in [0.4, 0.5) is 0 Å². The molecule has 122 valence electrons. The molecule has 1 amide bonds. The van der Waals surface area contributed by atoms with Crippen molar-refractivity contribution in [1.29, 1.82) is 0 Å². The summed E-state index contributed by atoms with van der Waals surface area (Å²) in [5, 5.41) is 3.70. The number of carbonyl (C=O) groups excluding carboxylic acids is 2. The summed E-state index contributed by atoms with van der Waals surface area (Å²) in [5.74, 6) is -0.698. The van der Waals surface area contributed by atoms with Gasteiger partial charge in [-0.25, -0.2) is 0 Å². The van der Waals surface area contributed by atoms with Crippen molar-refractivity contribution < 1.29 is 14.3 Å². The zero-order valence-electron chi connectivity index (χ0n) is 13.2. The molecule has 0 spiro atoms. The standard InChI is InChI=1S/C19H17NO3S/c1-13-15-9-5-6-10-16(15)24-18(13)19(22)20-11-17(21)23-12-14-7-3-2-4-8-14/h2-10H,11-12H2,1H3,(H,20,22). The molecule has 2 aromatic carbocycles. The number of aryl methyl sites for hydroxylation is 1. The van der Waals surface area contributed by atoms with Gasteiger partial charge in [-0.1, -0.05) is 48.5 Å². The van der Waals surface area contributed by atoms with Crippen LogP contribution in [0.15, 0.2) is 54.6 Å². The topological polar surface area (TPSA) is 55.4 Å². The fourth-order valence-electron chi connectivity index (χ4n) is 2.41. The van der Waals surface area contributed by atoms with Crippen molar-refractivity contribution in [3.63, 3.8) is 0 Å². The Kier molecular flexibility index (Phi) is 4.91. The van der Waals surface area contributed by atoms with E-state index in [1.165, 1.54) is 11.3 Å². The first-order chi connectivity index (χ1) is 11.6. The lowest BCUT2D eigenvalue weighted by Gasteiger charge is -2.06. The summed E-state index contributed by atoms with van der Waals surface area (Å²) < 4.78 is 6.22. The summed E-state index contributed by atoms with van der Waals surface area (Å²) in [7, 11) is 0. The molecule has 1 N–H and O–H groups in total. The Morgan fingerprint density at radius 2 is 1.75 bits per heavy atom. The van der Waals surface area contributed by atoms with Crippen molar-refractivity contribution in [2.45, 2.75) is 13.5 Å². The summed E-state index contributed by atoms with van der Waals surface area (Å²) in [6.07, 6.45) is 0. The zero-order chi connectivity index (χ0) is 16.9. The maximum absolute atomic E-state index is 12.3. The number of ether oxygens (including phenoxy) is 1. The molecule has 0 saturated heterocycles. The van der Waals surface area contributed by atoms with Crippen LogP contribution in [-0.4, -0.2) is 18.4 Å². The Balaban J connectivity index is 1.56. The summed E-state index contributed by atoms with van der Waals surface area (Å²) in [4.78, 5) is 24.7. The number of esters is 1. The quantitative estimate of drug-likeness (QED) is 0.722. The highest BCUT2D eigenvalue weighted by atomic mass is 32.1. The Morgan fingerprint density at radius 1 is 1.04 bits per heavy atom. The van der Waals surface area contributed by atoms with E-state index in [2.05, 4.69) is 5.32 Å². The first-order valence-electron chi connectivity index (χ1n) is 7.61. The molecule has 0 bridgehead atoms. The van der Waals surface area contributed by atoms with Gasteiger partial charge in [0.1, 0.15) is 13.2 Å². The maximum Gasteiger partial charge on any atom is 0.325 e. The number of thiophene rings is 1. The third-order valence-corrected chi connectivity index (χ3v) is 4.96. The van der Waals surface area contributed by atoms with Crippen molar-refractivity contribution in [2.24, 2.45) is 0 Å². The maximum atomic E-state index is 12.3. The molecule has 4 nitrogen and oxygen atoms in total. The van der Waals surface area contributed by atoms with E-state index in [9.17, 15) is 9.59 Å². The Morgan fingerprint density at radius 3 is 2.50 bits per heavy atom. The number of benzene rings is 2. The Bertz CT molecular complexity index is 871. The molecule has 1 heterocycles. The monoisotopic (exact) mass is 339 g/mol. The molecule has 3 aromatic rings. The van der Waals surface area contributed by atoms with E-state index in [4.69, 9.17) is 4.74 Å². The van der Waals surface area contributed by atoms with Crippen molar-refractivity contribution in [3.05, 3.63) is 70.6 Å². The van der Waals surface area contributed by atoms with Crippen LogP contribution in [0.3, 0.4) is 0 Å². The predicted molar refractivity (Wildman–Crippen MR) is 95.1 cm³/mol. The molecule has 0 atom stereocenters. The SMILES string of the molecule is Cc1c(C(=O)NCC(=O)OCc2ccccc2)sc2ccccc12. The summed E-state index contributed by atoms with van der Waals surface area (Å²) >= 11 is 1.43. The average Bonchev–Trinajstić information content (AvgIpc) is 2.96. The molecule has 0 fully saturated rings. The van der Waals surface area contributed by atoms with E-state index < -0.39 is 5.97 Å². The average molecular weight is 339 g/mol. The van der Waals surface area contributed by atoms with Crippen LogP contribution in [0.2, 0.25) is 0 Å². The van der Waals surface area contributed by atoms with E-state index in [1.807, 2.05) is 61.5 Å². The van der Waals surface area contributed by atoms with Gasteiger partial charge in [0.2, 0.25) is 0 Å². The summed E-state index contributed by atoms with van der Waals surface area (Å²) in [5.41, 5.74) is 1.85. The predicted octanol–water partition coefficient (Wildman–Crippen LogP) is 3.68. The number of hydrogen-bond donors (Lipinski definition) is 1. The van der Waals surface area contributed by atoms with Gasteiger partial charge < -0.3 is 10.1 Å². The minimum Gasteiger partial charge on any atom is -0.460 e. The van der Waals surface area contributed by atoms with Gasteiger partial charge >= 0.3 is 5.97 Å². The molecular formula is C19H17NO3S. The van der Waals surface area contributed by atoms with E-state index in [0.717, 1.165) is 21.2 Å². The van der Waals surface area contributed by atoms with Gasteiger partial charge in [0.05, 0.1) is 4.88 Å². The zero-order valence-corrected chi connectivity index (χ0v) is 14.1. The van der Waals surface area contributed by atoms with Crippen molar-refractivity contribution in [2.75, 3.05) is 6.54 Å². The number of fused-ring (bicyclic) bond motifs is 1. The highest BCUT2D eigenvalue weighted by molar-refractivity contribution is 7.21. The van der Waals surface area contributed by atoms with Crippen LogP contribution in [0.25, 0.3) is 10.1 Å². The van der Waals surface area contributed by atoms with Crippen LogP contribution < -0.4 is 5.32 Å². The molecule has 0 saturated carbocycles. The molecule has 0 radical (unpaired) electrons. The van der Waals surface area contributed by atoms with Gasteiger partial charge in [-0.3, -0.25) is 9.59 Å². The fourth-order valence-corrected chi connectivity index (χ4v) is 3.54. The number of amides is 1. The number of nitrogens with one attached hydrogen (secondary N) is 1. The third kappa shape index (κ3) is 3.63. The lowest BCUT2D eigenvalue weighted by atomic mass is 10.1. The molecule has 1 aromatic heterocycles. The highest BCUT2D eigenvalue weighted by Gasteiger charge is 2.16. The van der Waals surface area contributed by atoms with Gasteiger partial charge in [-0.05, 0) is 29.5 Å². The molecule has 3 rings (SSSR count). The molecule has 0 unspecified atom stereocenters. The Labute approximate surface area is 144 Å². The van der Waals surface area contributed by atoms with E-state index in [0.29, 0.717) is 4.88 Å². The first kappa shape index (κ1) is 16.2. The summed E-state index contributed by atoms with van der Waals surface area (Å²) in [6, 6.07) is 17.3. The molecule has 0 aliphatic carbocycles. The third-order valence-electron chi connectivity index (χ3n) is 3.69. The van der Waals surface area contributed by atoms with E-state index in [-0.39, 0.29) is 19.1 Å². The largest absolute Gasteiger partial charge is 0.460 e. The minimum atomic E-state index is -0.453. The number of rotatable bonds is 5. The molecule has 0 aliphatic heterocycles. The van der Waals surface area contributed by atoms with Crippen LogP contribution >= 0.6 is 11.3 Å². The fraction of sp³-hybridized carbons (Fsp3) is 0.158.